The van der Waals surface area contributed by atoms with Crippen molar-refractivity contribution < 1.29 is 31.1 Å². The zero-order valence-electron chi connectivity index (χ0n) is 17.5. The van der Waals surface area contributed by atoms with Crippen LogP contribution in [-0.2, 0) is 9.31 Å². The third kappa shape index (κ3) is 2.52. The first kappa shape index (κ1) is 8.94. The van der Waals surface area contributed by atoms with Crippen molar-refractivity contribution in [2.75, 3.05) is 7.04 Å². The maximum absolute atomic E-state index is 13.5. The Morgan fingerprint density at radius 2 is 2.00 bits per heavy atom. The monoisotopic (exact) mass is 291 g/mol. The molecule has 1 saturated heterocycles. The first-order valence-corrected chi connectivity index (χ1v) is 5.90. The van der Waals surface area contributed by atoms with Gasteiger partial charge in [0, 0.05) is 5.46 Å². The van der Waals surface area contributed by atoms with Gasteiger partial charge in [0.25, 0.3) is 6.40 Å². The Balaban J connectivity index is 2.71. The molecule has 0 saturated carbocycles. The first-order chi connectivity index (χ1) is 11.5. The Morgan fingerprint density at radius 1 is 1.40 bits per heavy atom. The quantitative estimate of drug-likeness (QED) is 0.801. The number of halogens is 2. The van der Waals surface area contributed by atoms with Gasteiger partial charge < -0.3 is 14.0 Å². The second-order valence-corrected chi connectivity index (χ2v) is 5.39. The van der Waals surface area contributed by atoms with E-state index in [-0.39, 0.29) is 0 Å². The van der Waals surface area contributed by atoms with Crippen LogP contribution in [0.15, 0.2) is 12.2 Å². The zero-order chi connectivity index (χ0) is 20.3. The number of ether oxygens (including phenoxy) is 1. The van der Waals surface area contributed by atoms with Crippen molar-refractivity contribution in [3.05, 3.63) is 17.9 Å². The smallest absolute Gasteiger partial charge is 0.496 e. The molecule has 4 nitrogen and oxygen atoms in total. The van der Waals surface area contributed by atoms with Crippen molar-refractivity contribution in [1.29, 1.82) is 0 Å². The van der Waals surface area contributed by atoms with Gasteiger partial charge in [-0.05, 0) is 33.7 Å². The minimum absolute atomic E-state index is 0.512. The molecule has 0 bridgehead atoms. The van der Waals surface area contributed by atoms with Crippen LogP contribution < -0.4 is 10.2 Å². The van der Waals surface area contributed by atoms with Crippen molar-refractivity contribution >= 4 is 12.6 Å². The van der Waals surface area contributed by atoms with Gasteiger partial charge in [-0.1, -0.05) is 0 Å². The van der Waals surface area contributed by atoms with Gasteiger partial charge in [0.05, 0.1) is 31.3 Å². The molecule has 1 aliphatic heterocycles. The molecule has 2 heterocycles. The van der Waals surface area contributed by atoms with Gasteiger partial charge in [0.15, 0.2) is 0 Å². The Bertz CT molecular complexity index is 707. The molecule has 0 unspecified atom stereocenters. The predicted molar refractivity (Wildman–Crippen MR) is 71.5 cm³/mol. The van der Waals surface area contributed by atoms with Crippen molar-refractivity contribution in [1.82, 2.24) is 4.98 Å². The highest BCUT2D eigenvalue weighted by Gasteiger charge is 2.52. The molecule has 0 aromatic carbocycles. The van der Waals surface area contributed by atoms with Gasteiger partial charge in [-0.3, -0.25) is 4.98 Å². The van der Waals surface area contributed by atoms with E-state index >= 15 is 0 Å². The molecule has 0 atom stereocenters. The van der Waals surface area contributed by atoms with Crippen LogP contribution in [0.25, 0.3) is 0 Å². The summed E-state index contributed by atoms with van der Waals surface area (Å²) >= 11 is 0. The fourth-order valence-corrected chi connectivity index (χ4v) is 1.67. The van der Waals surface area contributed by atoms with Gasteiger partial charge in [-0.25, -0.2) is 8.78 Å². The number of pyridine rings is 1. The number of methoxy groups -OCH3 is 1. The van der Waals surface area contributed by atoms with E-state index in [1.807, 2.05) is 0 Å². The standard InChI is InChI=1S/C13H18BF2NO3/c1-12(2)13(3,4)20-14(19-12)8-6-9(11(15)16)17-7-10(8)18-5/h6-7,11H,1-5H3/i5D3,6D,7D,11D. The van der Waals surface area contributed by atoms with Gasteiger partial charge >= 0.3 is 7.12 Å². The minimum Gasteiger partial charge on any atom is -0.496 e. The summed E-state index contributed by atoms with van der Waals surface area (Å²) < 4.78 is 87.4. The molecule has 1 aliphatic rings. The Morgan fingerprint density at radius 3 is 2.50 bits per heavy atom. The van der Waals surface area contributed by atoms with E-state index in [1.54, 1.807) is 27.7 Å². The van der Waals surface area contributed by atoms with E-state index in [9.17, 15) is 8.78 Å². The highest BCUT2D eigenvalue weighted by molar-refractivity contribution is 6.63. The average Bonchev–Trinajstić information content (AvgIpc) is 2.59. The molecule has 0 amide bonds. The summed E-state index contributed by atoms with van der Waals surface area (Å²) in [6, 6.07) is -0.973. The lowest BCUT2D eigenvalue weighted by Crippen LogP contribution is -2.41. The third-order valence-electron chi connectivity index (χ3n) is 3.54. The van der Waals surface area contributed by atoms with E-state index in [0.717, 1.165) is 0 Å². The zero-order valence-corrected chi connectivity index (χ0v) is 11.5. The lowest BCUT2D eigenvalue weighted by molar-refractivity contribution is 0.00578. The van der Waals surface area contributed by atoms with E-state index in [2.05, 4.69) is 4.98 Å². The predicted octanol–water partition coefficient (Wildman–Crippen LogP) is 2.33. The molecule has 1 fully saturated rings. The van der Waals surface area contributed by atoms with Gasteiger partial charge in [-0.15, -0.1) is 0 Å². The normalized spacial score (nSPS) is 26.0. The number of hydrogen-bond acceptors (Lipinski definition) is 4. The van der Waals surface area contributed by atoms with Crippen LogP contribution in [0.4, 0.5) is 8.78 Å². The SMILES string of the molecule is [2H]c1nc(C([2H])(F)F)c([2H])c(B2OC(C)(C)C(C)(C)O2)c1OC([2H])([2H])[2H]. The van der Waals surface area contributed by atoms with Gasteiger partial charge in [0.2, 0.25) is 0 Å². The maximum atomic E-state index is 13.5. The number of aromatic nitrogens is 1. The number of rotatable bonds is 3. The molecule has 0 aliphatic carbocycles. The van der Waals surface area contributed by atoms with Crippen LogP contribution >= 0.6 is 0 Å². The van der Waals surface area contributed by atoms with E-state index in [4.69, 9.17) is 22.3 Å². The van der Waals surface area contributed by atoms with Crippen LogP contribution in [0.3, 0.4) is 0 Å². The van der Waals surface area contributed by atoms with Crippen LogP contribution in [0.2, 0.25) is 0 Å². The summed E-state index contributed by atoms with van der Waals surface area (Å²) in [5.74, 6) is -0.721. The second kappa shape index (κ2) is 4.97. The fraction of sp³-hybridized carbons (Fsp3) is 0.615. The van der Waals surface area contributed by atoms with Crippen LogP contribution in [0.5, 0.6) is 5.75 Å². The summed E-state index contributed by atoms with van der Waals surface area (Å²) in [5.41, 5.74) is -3.67. The average molecular weight is 291 g/mol. The maximum Gasteiger partial charge on any atom is 0.498 e. The lowest BCUT2D eigenvalue weighted by Gasteiger charge is -2.32. The summed E-state index contributed by atoms with van der Waals surface area (Å²) in [7, 11) is -4.47. The number of alkyl halides is 2. The van der Waals surface area contributed by atoms with Crippen molar-refractivity contribution in [3.63, 3.8) is 0 Å². The van der Waals surface area contributed by atoms with Gasteiger partial charge in [-0.2, -0.15) is 0 Å². The summed E-state index contributed by atoms with van der Waals surface area (Å²) in [6.45, 7) is 6.68. The molecular formula is C13H18BF2NO3. The molecule has 1 aromatic rings. The Labute approximate surface area is 126 Å². The second-order valence-electron chi connectivity index (χ2n) is 5.39. The summed E-state index contributed by atoms with van der Waals surface area (Å²) in [6.07, 6.45) is -5.23. The van der Waals surface area contributed by atoms with Crippen LogP contribution in [0, 0.1) is 0 Å². The molecule has 2 rings (SSSR count). The van der Waals surface area contributed by atoms with Crippen molar-refractivity contribution in [2.45, 2.75) is 45.3 Å². The molecule has 0 spiro atoms. The number of hydrogen-bond donors (Lipinski definition) is 0. The first-order valence-electron chi connectivity index (χ1n) is 8.90. The van der Waals surface area contributed by atoms with E-state index in [1.165, 1.54) is 0 Å². The van der Waals surface area contributed by atoms with Crippen LogP contribution in [0.1, 0.15) is 48.0 Å². The number of nitrogens with zero attached hydrogens (tertiary/aromatic N) is 1. The molecule has 0 radical (unpaired) electrons. The van der Waals surface area contributed by atoms with Gasteiger partial charge in [0.1, 0.15) is 12.8 Å². The topological polar surface area (TPSA) is 40.6 Å². The van der Waals surface area contributed by atoms with E-state index in [0.29, 0.717) is 0 Å². The molecule has 1 aromatic heterocycles. The molecular weight excluding hydrogens is 267 g/mol. The molecule has 110 valence electrons. The summed E-state index contributed by atoms with van der Waals surface area (Å²) in [4.78, 5) is 3.19. The van der Waals surface area contributed by atoms with Crippen molar-refractivity contribution in [2.24, 2.45) is 0 Å². The molecule has 7 heteroatoms. The molecule has 0 N–H and O–H groups in total. The fourth-order valence-electron chi connectivity index (χ4n) is 1.67. The Kier molecular flexibility index (Phi) is 2.22. The highest BCUT2D eigenvalue weighted by atomic mass is 19.3. The summed E-state index contributed by atoms with van der Waals surface area (Å²) in [5, 5.41) is 0. The largest absolute Gasteiger partial charge is 0.498 e. The lowest BCUT2D eigenvalue weighted by atomic mass is 9.78. The third-order valence-corrected chi connectivity index (χ3v) is 3.54. The molecule has 20 heavy (non-hydrogen) atoms. The van der Waals surface area contributed by atoms with Crippen molar-refractivity contribution in [3.8, 4) is 5.75 Å². The Hall–Kier alpha value is -1.21. The van der Waals surface area contributed by atoms with E-state index < -0.39 is 60.9 Å². The highest BCUT2D eigenvalue weighted by Crippen LogP contribution is 2.37. The van der Waals surface area contributed by atoms with Crippen LogP contribution in [-0.4, -0.2) is 30.3 Å². The minimum atomic E-state index is -4.27.